The maximum Gasteiger partial charge on any atom is 0.223 e. The number of rotatable bonds is 4. The van der Waals surface area contributed by atoms with E-state index in [0.717, 1.165) is 0 Å². The molecule has 5 heteroatoms. The first-order valence-corrected chi connectivity index (χ1v) is 6.63. The van der Waals surface area contributed by atoms with Crippen molar-refractivity contribution in [3.05, 3.63) is 0 Å². The summed E-state index contributed by atoms with van der Waals surface area (Å²) in [5.41, 5.74) is 0. The molecule has 5 nitrogen and oxygen atoms in total. The SMILES string of the molecule is CC(=O)N1CCC(C(=O)NCC(O)C(C)C)CC1. The molecule has 18 heavy (non-hydrogen) atoms. The Morgan fingerprint density at radius 2 is 1.89 bits per heavy atom. The third-order valence-electron chi connectivity index (χ3n) is 3.57. The lowest BCUT2D eigenvalue weighted by Gasteiger charge is -2.30. The van der Waals surface area contributed by atoms with Crippen LogP contribution in [0.25, 0.3) is 0 Å². The van der Waals surface area contributed by atoms with Crippen LogP contribution in [0.4, 0.5) is 0 Å². The van der Waals surface area contributed by atoms with Gasteiger partial charge in [-0.3, -0.25) is 9.59 Å². The molecule has 1 rings (SSSR count). The van der Waals surface area contributed by atoms with E-state index in [1.165, 1.54) is 0 Å². The molecule has 1 heterocycles. The minimum absolute atomic E-state index is 0.00194. The molecular weight excluding hydrogens is 232 g/mol. The standard InChI is InChI=1S/C13H24N2O3/c1-9(2)12(17)8-14-13(18)11-4-6-15(7-5-11)10(3)16/h9,11-12,17H,4-8H2,1-3H3,(H,14,18). The van der Waals surface area contributed by atoms with Crippen molar-refractivity contribution in [3.8, 4) is 0 Å². The quantitative estimate of drug-likeness (QED) is 0.764. The topological polar surface area (TPSA) is 69.6 Å². The largest absolute Gasteiger partial charge is 0.391 e. The van der Waals surface area contributed by atoms with Gasteiger partial charge in [0.25, 0.3) is 0 Å². The summed E-state index contributed by atoms with van der Waals surface area (Å²) in [6.45, 7) is 7.01. The predicted octanol–water partition coefficient (Wildman–Crippen LogP) is 0.378. The molecule has 0 aromatic carbocycles. The maximum atomic E-state index is 11.9. The first kappa shape index (κ1) is 15.0. The Labute approximate surface area is 109 Å². The van der Waals surface area contributed by atoms with Crippen LogP contribution in [0.15, 0.2) is 0 Å². The van der Waals surface area contributed by atoms with Crippen molar-refractivity contribution in [2.75, 3.05) is 19.6 Å². The number of nitrogens with zero attached hydrogens (tertiary/aromatic N) is 1. The number of aliphatic hydroxyl groups excluding tert-OH is 1. The zero-order valence-electron chi connectivity index (χ0n) is 11.5. The number of carbonyl (C=O) groups is 2. The summed E-state index contributed by atoms with van der Waals surface area (Å²) in [7, 11) is 0. The second-order valence-corrected chi connectivity index (χ2v) is 5.34. The van der Waals surface area contributed by atoms with Gasteiger partial charge in [-0.1, -0.05) is 13.8 Å². The smallest absolute Gasteiger partial charge is 0.223 e. The fraction of sp³-hybridized carbons (Fsp3) is 0.846. The molecule has 1 unspecified atom stereocenters. The molecule has 1 aliphatic rings. The van der Waals surface area contributed by atoms with E-state index < -0.39 is 6.10 Å². The molecule has 0 aliphatic carbocycles. The van der Waals surface area contributed by atoms with Crippen molar-refractivity contribution in [3.63, 3.8) is 0 Å². The van der Waals surface area contributed by atoms with Crippen molar-refractivity contribution < 1.29 is 14.7 Å². The molecule has 0 saturated carbocycles. The fourth-order valence-corrected chi connectivity index (χ4v) is 2.04. The van der Waals surface area contributed by atoms with Crippen LogP contribution in [0.5, 0.6) is 0 Å². The summed E-state index contributed by atoms with van der Waals surface area (Å²) in [6.07, 6.45) is 0.929. The van der Waals surface area contributed by atoms with E-state index in [-0.39, 0.29) is 23.7 Å². The average molecular weight is 256 g/mol. The van der Waals surface area contributed by atoms with E-state index >= 15 is 0 Å². The highest BCUT2D eigenvalue weighted by molar-refractivity contribution is 5.79. The normalized spacial score (nSPS) is 18.8. The zero-order chi connectivity index (χ0) is 13.7. The molecule has 1 aliphatic heterocycles. The minimum atomic E-state index is -0.494. The number of carbonyl (C=O) groups excluding carboxylic acids is 2. The first-order chi connectivity index (χ1) is 8.41. The second kappa shape index (κ2) is 6.73. The van der Waals surface area contributed by atoms with Crippen LogP contribution in [0.1, 0.15) is 33.6 Å². The molecule has 2 amide bonds. The Balaban J connectivity index is 2.30. The van der Waals surface area contributed by atoms with Crippen molar-refractivity contribution >= 4 is 11.8 Å². The van der Waals surface area contributed by atoms with E-state index in [0.29, 0.717) is 32.5 Å². The molecule has 1 fully saturated rings. The van der Waals surface area contributed by atoms with Gasteiger partial charge in [-0.25, -0.2) is 0 Å². The lowest BCUT2D eigenvalue weighted by molar-refractivity contribution is -0.134. The van der Waals surface area contributed by atoms with Gasteiger partial charge in [0.1, 0.15) is 0 Å². The summed E-state index contributed by atoms with van der Waals surface area (Å²) in [6, 6.07) is 0. The number of amides is 2. The van der Waals surface area contributed by atoms with Crippen molar-refractivity contribution in [2.45, 2.75) is 39.7 Å². The second-order valence-electron chi connectivity index (χ2n) is 5.34. The van der Waals surface area contributed by atoms with Crippen molar-refractivity contribution in [1.82, 2.24) is 10.2 Å². The van der Waals surface area contributed by atoms with Crippen LogP contribution in [-0.4, -0.2) is 47.6 Å². The van der Waals surface area contributed by atoms with Gasteiger partial charge in [-0.2, -0.15) is 0 Å². The highest BCUT2D eigenvalue weighted by atomic mass is 16.3. The molecular formula is C13H24N2O3. The molecule has 2 N–H and O–H groups in total. The van der Waals surface area contributed by atoms with E-state index in [1.807, 2.05) is 13.8 Å². The highest BCUT2D eigenvalue weighted by Crippen LogP contribution is 2.17. The van der Waals surface area contributed by atoms with Crippen LogP contribution in [0.2, 0.25) is 0 Å². The van der Waals surface area contributed by atoms with Gasteiger partial charge in [0.15, 0.2) is 0 Å². The molecule has 0 aromatic rings. The van der Waals surface area contributed by atoms with Crippen LogP contribution in [-0.2, 0) is 9.59 Å². The van der Waals surface area contributed by atoms with Gasteiger partial charge < -0.3 is 15.3 Å². The number of piperidine rings is 1. The first-order valence-electron chi connectivity index (χ1n) is 6.63. The van der Waals surface area contributed by atoms with Crippen LogP contribution >= 0.6 is 0 Å². The van der Waals surface area contributed by atoms with Crippen molar-refractivity contribution in [2.24, 2.45) is 11.8 Å². The number of hydrogen-bond acceptors (Lipinski definition) is 3. The highest BCUT2D eigenvalue weighted by Gasteiger charge is 2.26. The predicted molar refractivity (Wildman–Crippen MR) is 68.8 cm³/mol. The lowest BCUT2D eigenvalue weighted by atomic mass is 9.95. The Kier molecular flexibility index (Phi) is 5.59. The van der Waals surface area contributed by atoms with Crippen molar-refractivity contribution in [1.29, 1.82) is 0 Å². The molecule has 0 aromatic heterocycles. The summed E-state index contributed by atoms with van der Waals surface area (Å²) in [5.74, 6) is 0.187. The van der Waals surface area contributed by atoms with Crippen LogP contribution < -0.4 is 5.32 Å². The Hall–Kier alpha value is -1.10. The molecule has 1 atom stereocenters. The lowest BCUT2D eigenvalue weighted by Crippen LogP contribution is -2.44. The van der Waals surface area contributed by atoms with Gasteiger partial charge in [-0.05, 0) is 18.8 Å². The Morgan fingerprint density at radius 3 is 2.33 bits per heavy atom. The van der Waals surface area contributed by atoms with Crippen LogP contribution in [0.3, 0.4) is 0 Å². The van der Waals surface area contributed by atoms with E-state index in [9.17, 15) is 14.7 Å². The molecule has 0 radical (unpaired) electrons. The monoisotopic (exact) mass is 256 g/mol. The Bertz CT molecular complexity index is 297. The average Bonchev–Trinajstić information content (AvgIpc) is 2.35. The third-order valence-corrected chi connectivity index (χ3v) is 3.57. The van der Waals surface area contributed by atoms with E-state index in [2.05, 4.69) is 5.32 Å². The summed E-state index contributed by atoms with van der Waals surface area (Å²) in [4.78, 5) is 24.8. The number of aliphatic hydroxyl groups is 1. The van der Waals surface area contributed by atoms with Crippen LogP contribution in [0, 0.1) is 11.8 Å². The van der Waals surface area contributed by atoms with Gasteiger partial charge in [0.05, 0.1) is 6.10 Å². The summed E-state index contributed by atoms with van der Waals surface area (Å²) in [5, 5.41) is 12.4. The van der Waals surface area contributed by atoms with Gasteiger partial charge in [-0.15, -0.1) is 0 Å². The molecule has 0 bridgehead atoms. The van der Waals surface area contributed by atoms with E-state index in [4.69, 9.17) is 0 Å². The summed E-state index contributed by atoms with van der Waals surface area (Å²) < 4.78 is 0. The fourth-order valence-electron chi connectivity index (χ4n) is 2.04. The Morgan fingerprint density at radius 1 is 1.33 bits per heavy atom. The molecule has 1 saturated heterocycles. The number of nitrogens with one attached hydrogen (secondary N) is 1. The summed E-state index contributed by atoms with van der Waals surface area (Å²) >= 11 is 0. The third kappa shape index (κ3) is 4.29. The van der Waals surface area contributed by atoms with Gasteiger partial charge >= 0.3 is 0 Å². The molecule has 0 spiro atoms. The zero-order valence-corrected chi connectivity index (χ0v) is 11.5. The van der Waals surface area contributed by atoms with Gasteiger partial charge in [0, 0.05) is 32.5 Å². The number of likely N-dealkylation sites (tertiary alicyclic amines) is 1. The number of hydrogen-bond donors (Lipinski definition) is 2. The van der Waals surface area contributed by atoms with Gasteiger partial charge in [0.2, 0.25) is 11.8 Å². The maximum absolute atomic E-state index is 11.9. The minimum Gasteiger partial charge on any atom is -0.391 e. The van der Waals surface area contributed by atoms with E-state index in [1.54, 1.807) is 11.8 Å². The molecule has 104 valence electrons.